The number of halogens is 2. The largest absolute Gasteiger partial charge is 0.392 e. The summed E-state index contributed by atoms with van der Waals surface area (Å²) in [6, 6.07) is 13.5. The second kappa shape index (κ2) is 8.29. The maximum Gasteiger partial charge on any atom is 0.244 e. The van der Waals surface area contributed by atoms with E-state index < -0.39 is 11.9 Å². The minimum Gasteiger partial charge on any atom is -0.392 e. The first kappa shape index (κ1) is 19.5. The molecule has 1 N–H and O–H groups in total. The quantitative estimate of drug-likeness (QED) is 0.688. The molecule has 0 aliphatic carbocycles. The van der Waals surface area contributed by atoms with Crippen molar-refractivity contribution in [3.05, 3.63) is 81.7 Å². The van der Waals surface area contributed by atoms with Crippen LogP contribution in [-0.4, -0.2) is 32.8 Å². The molecule has 2 aromatic carbocycles. The molecule has 1 aliphatic rings. The Balaban J connectivity index is 1.51. The molecule has 1 aromatic heterocycles. The van der Waals surface area contributed by atoms with E-state index in [9.17, 15) is 9.50 Å². The highest BCUT2D eigenvalue weighted by Gasteiger charge is 2.35. The summed E-state index contributed by atoms with van der Waals surface area (Å²) in [5.74, 6) is 0.469. The highest BCUT2D eigenvalue weighted by atomic mass is 35.5. The third-order valence-electron chi connectivity index (χ3n) is 4.96. The molecule has 6 nitrogen and oxygen atoms in total. The van der Waals surface area contributed by atoms with Crippen LogP contribution in [-0.2, 0) is 13.0 Å². The molecule has 3 aromatic rings. The number of aliphatic hydroxyl groups is 1. The van der Waals surface area contributed by atoms with Crippen LogP contribution in [0.3, 0.4) is 0 Å². The van der Waals surface area contributed by atoms with Gasteiger partial charge in [0.1, 0.15) is 5.82 Å². The molecule has 4 rings (SSSR count). The van der Waals surface area contributed by atoms with Crippen LogP contribution < -0.4 is 0 Å². The molecule has 148 valence electrons. The van der Waals surface area contributed by atoms with Crippen molar-refractivity contribution in [2.75, 3.05) is 6.54 Å². The van der Waals surface area contributed by atoms with E-state index in [2.05, 4.69) is 21.1 Å². The van der Waals surface area contributed by atoms with E-state index in [4.69, 9.17) is 21.4 Å². The summed E-state index contributed by atoms with van der Waals surface area (Å²) in [6.45, 7) is 1.03. The van der Waals surface area contributed by atoms with Gasteiger partial charge in [0.2, 0.25) is 5.89 Å². The number of hydrogen-bond acceptors (Lipinski definition) is 6. The molecule has 1 fully saturated rings. The first-order valence-electron chi connectivity index (χ1n) is 9.19. The average Bonchev–Trinajstić information content (AvgIpc) is 3.30. The SMILES string of the molecule is N#Cc1cccc(CN2CC(O)CC2c2nc(Cc3ccc(F)cc3Cl)no2)c1. The summed E-state index contributed by atoms with van der Waals surface area (Å²) < 4.78 is 18.7. The van der Waals surface area contributed by atoms with Crippen LogP contribution >= 0.6 is 11.6 Å². The van der Waals surface area contributed by atoms with Crippen molar-refractivity contribution in [3.63, 3.8) is 0 Å². The molecule has 2 heterocycles. The molecule has 8 heteroatoms. The molecule has 0 bridgehead atoms. The fourth-order valence-electron chi connectivity index (χ4n) is 3.59. The van der Waals surface area contributed by atoms with Crippen molar-refractivity contribution in [1.29, 1.82) is 5.26 Å². The van der Waals surface area contributed by atoms with Gasteiger partial charge in [-0.15, -0.1) is 0 Å². The van der Waals surface area contributed by atoms with E-state index in [-0.39, 0.29) is 6.04 Å². The lowest BCUT2D eigenvalue weighted by atomic mass is 10.1. The number of nitriles is 1. The van der Waals surface area contributed by atoms with Gasteiger partial charge in [0, 0.05) is 24.5 Å². The van der Waals surface area contributed by atoms with E-state index in [1.165, 1.54) is 12.1 Å². The Hall–Kier alpha value is -2.79. The van der Waals surface area contributed by atoms with Crippen LogP contribution in [0.4, 0.5) is 4.39 Å². The van der Waals surface area contributed by atoms with Gasteiger partial charge in [-0.05, 0) is 41.8 Å². The topological polar surface area (TPSA) is 86.2 Å². The van der Waals surface area contributed by atoms with Crippen LogP contribution in [0.25, 0.3) is 0 Å². The van der Waals surface area contributed by atoms with E-state index in [0.29, 0.717) is 53.8 Å². The summed E-state index contributed by atoms with van der Waals surface area (Å²) in [4.78, 5) is 6.53. The van der Waals surface area contributed by atoms with Crippen molar-refractivity contribution < 1.29 is 14.0 Å². The number of hydrogen-bond donors (Lipinski definition) is 1. The van der Waals surface area contributed by atoms with Gasteiger partial charge in [-0.25, -0.2) is 4.39 Å². The van der Waals surface area contributed by atoms with Gasteiger partial charge in [0.15, 0.2) is 5.82 Å². The number of nitrogens with zero attached hydrogens (tertiary/aromatic N) is 4. The van der Waals surface area contributed by atoms with E-state index in [0.717, 1.165) is 5.56 Å². The summed E-state index contributed by atoms with van der Waals surface area (Å²) >= 11 is 6.08. The minimum absolute atomic E-state index is 0.222. The van der Waals surface area contributed by atoms with Gasteiger partial charge in [-0.2, -0.15) is 10.2 Å². The normalized spacial score (nSPS) is 19.4. The Kier molecular flexibility index (Phi) is 5.58. The summed E-state index contributed by atoms with van der Waals surface area (Å²) in [7, 11) is 0. The van der Waals surface area contributed by atoms with Gasteiger partial charge < -0.3 is 9.63 Å². The summed E-state index contributed by atoms with van der Waals surface area (Å²) in [6.07, 6.45) is 0.306. The van der Waals surface area contributed by atoms with Crippen molar-refractivity contribution in [1.82, 2.24) is 15.0 Å². The highest BCUT2D eigenvalue weighted by molar-refractivity contribution is 6.31. The zero-order chi connectivity index (χ0) is 20.4. The second-order valence-corrected chi connectivity index (χ2v) is 7.52. The molecule has 0 amide bonds. The number of aliphatic hydroxyl groups excluding tert-OH is 1. The second-order valence-electron chi connectivity index (χ2n) is 7.11. The van der Waals surface area contributed by atoms with Crippen molar-refractivity contribution in [3.8, 4) is 6.07 Å². The molecule has 2 unspecified atom stereocenters. The predicted molar refractivity (Wildman–Crippen MR) is 103 cm³/mol. The van der Waals surface area contributed by atoms with Gasteiger partial charge in [-0.1, -0.05) is 35.0 Å². The van der Waals surface area contributed by atoms with Crippen molar-refractivity contribution in [2.24, 2.45) is 0 Å². The third kappa shape index (κ3) is 4.46. The predicted octanol–water partition coefficient (Wildman–Crippen LogP) is 3.63. The third-order valence-corrected chi connectivity index (χ3v) is 5.31. The Morgan fingerprint density at radius 3 is 2.97 bits per heavy atom. The monoisotopic (exact) mass is 412 g/mol. The molecular weight excluding hydrogens is 395 g/mol. The fraction of sp³-hybridized carbons (Fsp3) is 0.286. The van der Waals surface area contributed by atoms with Gasteiger partial charge >= 0.3 is 0 Å². The van der Waals surface area contributed by atoms with E-state index >= 15 is 0 Å². The smallest absolute Gasteiger partial charge is 0.244 e. The summed E-state index contributed by atoms with van der Waals surface area (Å²) in [5, 5.41) is 23.6. The van der Waals surface area contributed by atoms with Crippen molar-refractivity contribution >= 4 is 11.6 Å². The molecule has 0 spiro atoms. The number of β-amino-alcohol motifs (C(OH)–C–C–N with tert-alkyl or cyclic N) is 1. The minimum atomic E-state index is -0.499. The molecule has 0 radical (unpaired) electrons. The van der Waals surface area contributed by atoms with Gasteiger partial charge in [0.05, 0.1) is 23.8 Å². The zero-order valence-corrected chi connectivity index (χ0v) is 16.2. The molecule has 1 aliphatic heterocycles. The van der Waals surface area contributed by atoms with Crippen LogP contribution in [0, 0.1) is 17.1 Å². The van der Waals surface area contributed by atoms with Crippen LogP contribution in [0.1, 0.15) is 40.9 Å². The summed E-state index contributed by atoms with van der Waals surface area (Å²) in [5.41, 5.74) is 2.27. The Morgan fingerprint density at radius 2 is 2.17 bits per heavy atom. The van der Waals surface area contributed by atoms with Crippen LogP contribution in [0.2, 0.25) is 5.02 Å². The molecule has 0 saturated carbocycles. The number of aromatic nitrogens is 2. The number of benzene rings is 2. The molecule has 2 atom stereocenters. The zero-order valence-electron chi connectivity index (χ0n) is 15.4. The highest BCUT2D eigenvalue weighted by Crippen LogP contribution is 2.33. The van der Waals surface area contributed by atoms with E-state index in [1.54, 1.807) is 12.1 Å². The lowest BCUT2D eigenvalue weighted by molar-refractivity contribution is 0.169. The van der Waals surface area contributed by atoms with Gasteiger partial charge in [0.25, 0.3) is 0 Å². The fourth-order valence-corrected chi connectivity index (χ4v) is 3.83. The Labute approximate surface area is 172 Å². The number of rotatable bonds is 5. The standard InChI is InChI=1S/C21H18ClFN4O2/c22-18-8-16(23)5-4-15(18)7-20-25-21(29-26-20)19-9-17(28)12-27(19)11-14-3-1-2-13(6-14)10-24/h1-6,8,17,19,28H,7,9,11-12H2. The lowest BCUT2D eigenvalue weighted by Gasteiger charge is -2.21. The first-order valence-corrected chi connectivity index (χ1v) is 9.57. The lowest BCUT2D eigenvalue weighted by Crippen LogP contribution is -2.24. The van der Waals surface area contributed by atoms with Crippen LogP contribution in [0.5, 0.6) is 0 Å². The first-order chi connectivity index (χ1) is 14.0. The maximum atomic E-state index is 13.2. The van der Waals surface area contributed by atoms with Gasteiger partial charge in [-0.3, -0.25) is 4.90 Å². The van der Waals surface area contributed by atoms with Crippen molar-refractivity contribution in [2.45, 2.75) is 31.5 Å². The Morgan fingerprint density at radius 1 is 1.31 bits per heavy atom. The number of likely N-dealkylation sites (tertiary alicyclic amines) is 1. The molecule has 1 saturated heterocycles. The van der Waals surface area contributed by atoms with Crippen LogP contribution in [0.15, 0.2) is 47.0 Å². The Bertz CT molecular complexity index is 1060. The maximum absolute atomic E-state index is 13.2. The molecular formula is C21H18ClFN4O2. The average molecular weight is 413 g/mol. The molecule has 29 heavy (non-hydrogen) atoms. The van der Waals surface area contributed by atoms with E-state index in [1.807, 2.05) is 18.2 Å².